The zero-order valence-corrected chi connectivity index (χ0v) is 12.7. The molecule has 0 bridgehead atoms. The highest BCUT2D eigenvalue weighted by atomic mass is 32.2. The third-order valence-electron chi connectivity index (χ3n) is 3.16. The molecule has 4 nitrogen and oxygen atoms in total. The van der Waals surface area contributed by atoms with Crippen LogP contribution in [0.3, 0.4) is 0 Å². The zero-order valence-electron chi connectivity index (χ0n) is 11.0. The first kappa shape index (κ1) is 14.0. The molecule has 1 aliphatic rings. The van der Waals surface area contributed by atoms with E-state index in [2.05, 4.69) is 20.9 Å². The first-order valence-corrected chi connectivity index (χ1v) is 8.46. The van der Waals surface area contributed by atoms with E-state index < -0.39 is 0 Å². The van der Waals surface area contributed by atoms with E-state index in [1.54, 1.807) is 30.6 Å². The summed E-state index contributed by atoms with van der Waals surface area (Å²) < 4.78 is 5.40. The van der Waals surface area contributed by atoms with Gasteiger partial charge in [0.05, 0.1) is 6.10 Å². The van der Waals surface area contributed by atoms with Gasteiger partial charge in [-0.1, -0.05) is 11.8 Å². The van der Waals surface area contributed by atoms with Gasteiger partial charge in [-0.05, 0) is 25.4 Å². The summed E-state index contributed by atoms with van der Waals surface area (Å²) in [6.45, 7) is 2.02. The zero-order chi connectivity index (χ0) is 13.0. The van der Waals surface area contributed by atoms with Crippen LogP contribution in [0.5, 0.6) is 0 Å². The minimum absolute atomic E-state index is 0.406. The highest BCUT2D eigenvalue weighted by molar-refractivity contribution is 7.99. The van der Waals surface area contributed by atoms with Crippen molar-refractivity contribution in [3.8, 4) is 0 Å². The van der Waals surface area contributed by atoms with Gasteiger partial charge < -0.3 is 9.64 Å². The molecule has 0 atom stereocenters. The van der Waals surface area contributed by atoms with Crippen molar-refractivity contribution in [3.05, 3.63) is 6.07 Å². The van der Waals surface area contributed by atoms with E-state index >= 15 is 0 Å². The van der Waals surface area contributed by atoms with Gasteiger partial charge in [-0.3, -0.25) is 0 Å². The number of nitrogens with zero attached hydrogens (tertiary/aromatic N) is 3. The van der Waals surface area contributed by atoms with Crippen molar-refractivity contribution in [1.82, 2.24) is 9.97 Å². The lowest BCUT2D eigenvalue weighted by molar-refractivity contribution is 0.0817. The normalized spacial score (nSPS) is 17.2. The van der Waals surface area contributed by atoms with Crippen LogP contribution in [0.15, 0.2) is 16.2 Å². The molecule has 100 valence electrons. The SMILES string of the molecule is COC1CCN(c2cc(SC)nc(SC)n2)CC1. The van der Waals surface area contributed by atoms with Crippen LogP contribution in [0.4, 0.5) is 5.82 Å². The lowest BCUT2D eigenvalue weighted by atomic mass is 10.1. The number of aromatic nitrogens is 2. The second-order valence-electron chi connectivity index (χ2n) is 4.18. The van der Waals surface area contributed by atoms with Crippen LogP contribution in [-0.2, 0) is 4.74 Å². The van der Waals surface area contributed by atoms with E-state index in [4.69, 9.17) is 4.74 Å². The highest BCUT2D eigenvalue weighted by Gasteiger charge is 2.20. The van der Waals surface area contributed by atoms with Crippen LogP contribution in [-0.4, -0.2) is 48.8 Å². The Kier molecular flexibility index (Phi) is 5.14. The summed E-state index contributed by atoms with van der Waals surface area (Å²) >= 11 is 3.26. The molecule has 0 radical (unpaired) electrons. The number of rotatable bonds is 4. The molecule has 0 amide bonds. The first-order chi connectivity index (χ1) is 8.76. The van der Waals surface area contributed by atoms with E-state index in [1.165, 1.54) is 0 Å². The van der Waals surface area contributed by atoms with Crippen LogP contribution >= 0.6 is 23.5 Å². The largest absolute Gasteiger partial charge is 0.381 e. The smallest absolute Gasteiger partial charge is 0.190 e. The summed E-state index contributed by atoms with van der Waals surface area (Å²) in [7, 11) is 1.79. The van der Waals surface area contributed by atoms with Gasteiger partial charge in [-0.25, -0.2) is 9.97 Å². The average Bonchev–Trinajstić information content (AvgIpc) is 2.46. The summed E-state index contributed by atoms with van der Waals surface area (Å²) in [5.74, 6) is 1.05. The maximum atomic E-state index is 5.40. The third-order valence-corrected chi connectivity index (χ3v) is 4.33. The Balaban J connectivity index is 2.13. The van der Waals surface area contributed by atoms with Gasteiger partial charge in [-0.15, -0.1) is 11.8 Å². The molecule has 2 rings (SSSR count). The second-order valence-corrected chi connectivity index (χ2v) is 5.78. The third kappa shape index (κ3) is 3.30. The maximum Gasteiger partial charge on any atom is 0.190 e. The molecular weight excluding hydrogens is 266 g/mol. The fourth-order valence-corrected chi connectivity index (χ4v) is 2.90. The van der Waals surface area contributed by atoms with Gasteiger partial charge in [0.2, 0.25) is 0 Å². The quantitative estimate of drug-likeness (QED) is 0.481. The molecule has 1 aromatic rings. The molecular formula is C12H19N3OS2. The molecule has 0 spiro atoms. The van der Waals surface area contributed by atoms with Gasteiger partial charge in [-0.2, -0.15) is 0 Å². The van der Waals surface area contributed by atoms with Crippen molar-refractivity contribution in [2.24, 2.45) is 0 Å². The number of anilines is 1. The number of thioether (sulfide) groups is 2. The minimum Gasteiger partial charge on any atom is -0.381 e. The summed E-state index contributed by atoms with van der Waals surface area (Å²) in [4.78, 5) is 11.4. The second kappa shape index (κ2) is 6.63. The molecule has 2 heterocycles. The van der Waals surface area contributed by atoms with Gasteiger partial charge >= 0.3 is 0 Å². The Morgan fingerprint density at radius 1 is 1.22 bits per heavy atom. The van der Waals surface area contributed by atoms with Gasteiger partial charge in [0, 0.05) is 26.3 Å². The van der Waals surface area contributed by atoms with Crippen LogP contribution in [0, 0.1) is 0 Å². The molecule has 6 heteroatoms. The monoisotopic (exact) mass is 285 g/mol. The van der Waals surface area contributed by atoms with E-state index in [9.17, 15) is 0 Å². The number of ether oxygens (including phenoxy) is 1. The molecule has 1 fully saturated rings. The van der Waals surface area contributed by atoms with E-state index in [0.717, 1.165) is 41.9 Å². The Labute approximate surface area is 117 Å². The molecule has 0 N–H and O–H groups in total. The lowest BCUT2D eigenvalue weighted by Crippen LogP contribution is -2.37. The molecule has 1 aliphatic heterocycles. The fraction of sp³-hybridized carbons (Fsp3) is 0.667. The van der Waals surface area contributed by atoms with Crippen molar-refractivity contribution >= 4 is 29.3 Å². The van der Waals surface area contributed by atoms with Gasteiger partial charge in [0.15, 0.2) is 5.16 Å². The molecule has 1 aromatic heterocycles. The highest BCUT2D eigenvalue weighted by Crippen LogP contribution is 2.25. The van der Waals surface area contributed by atoms with Crippen LogP contribution in [0.25, 0.3) is 0 Å². The predicted octanol–water partition coefficient (Wildman–Crippen LogP) is 2.54. The van der Waals surface area contributed by atoms with Crippen LogP contribution in [0.2, 0.25) is 0 Å². The average molecular weight is 285 g/mol. The van der Waals surface area contributed by atoms with E-state index in [-0.39, 0.29) is 0 Å². The van der Waals surface area contributed by atoms with Crippen molar-refractivity contribution in [3.63, 3.8) is 0 Å². The van der Waals surface area contributed by atoms with Gasteiger partial charge in [0.25, 0.3) is 0 Å². The number of methoxy groups -OCH3 is 1. The molecule has 0 unspecified atom stereocenters. The standard InChI is InChI=1S/C12H19N3OS2/c1-16-9-4-6-15(7-5-9)10-8-11(17-2)14-12(13-10)18-3/h8-9H,4-7H2,1-3H3. The Bertz CT molecular complexity index is 373. The fourth-order valence-electron chi connectivity index (χ4n) is 2.07. The van der Waals surface area contributed by atoms with Crippen molar-refractivity contribution in [2.75, 3.05) is 37.6 Å². The first-order valence-electron chi connectivity index (χ1n) is 6.01. The van der Waals surface area contributed by atoms with Crippen LogP contribution in [0.1, 0.15) is 12.8 Å². The molecule has 0 aromatic carbocycles. The minimum atomic E-state index is 0.406. The predicted molar refractivity (Wildman–Crippen MR) is 77.8 cm³/mol. The number of piperidine rings is 1. The molecule has 18 heavy (non-hydrogen) atoms. The summed E-state index contributed by atoms with van der Waals surface area (Å²) in [6.07, 6.45) is 6.62. The number of hydrogen-bond donors (Lipinski definition) is 0. The van der Waals surface area contributed by atoms with E-state index in [0.29, 0.717) is 6.10 Å². The van der Waals surface area contributed by atoms with Crippen molar-refractivity contribution in [1.29, 1.82) is 0 Å². The summed E-state index contributed by atoms with van der Waals surface area (Å²) in [5, 5.41) is 1.89. The van der Waals surface area contributed by atoms with Crippen LogP contribution < -0.4 is 4.90 Å². The molecule has 1 saturated heterocycles. The summed E-state index contributed by atoms with van der Waals surface area (Å²) in [6, 6.07) is 2.08. The topological polar surface area (TPSA) is 38.2 Å². The Morgan fingerprint density at radius 3 is 2.50 bits per heavy atom. The molecule has 0 aliphatic carbocycles. The van der Waals surface area contributed by atoms with Crippen molar-refractivity contribution < 1.29 is 4.74 Å². The van der Waals surface area contributed by atoms with Crippen molar-refractivity contribution in [2.45, 2.75) is 29.1 Å². The molecule has 0 saturated carbocycles. The maximum absolute atomic E-state index is 5.40. The Hall–Kier alpha value is -0.460. The lowest BCUT2D eigenvalue weighted by Gasteiger charge is -2.32. The summed E-state index contributed by atoms with van der Waals surface area (Å²) in [5.41, 5.74) is 0. The number of hydrogen-bond acceptors (Lipinski definition) is 6. The Morgan fingerprint density at radius 2 is 1.94 bits per heavy atom. The van der Waals surface area contributed by atoms with E-state index in [1.807, 2.05) is 12.5 Å². The van der Waals surface area contributed by atoms with Gasteiger partial charge in [0.1, 0.15) is 10.8 Å².